The summed E-state index contributed by atoms with van der Waals surface area (Å²) in [5.74, 6) is 2.69. The third-order valence-electron chi connectivity index (χ3n) is 2.01. The highest BCUT2D eigenvalue weighted by atomic mass is 32.2. The fourth-order valence-corrected chi connectivity index (χ4v) is 2.49. The van der Waals surface area contributed by atoms with Crippen LogP contribution in [0.1, 0.15) is 19.8 Å². The molecule has 1 heterocycles. The summed E-state index contributed by atoms with van der Waals surface area (Å²) in [4.78, 5) is 11.4. The molecule has 1 aliphatic heterocycles. The number of thioether (sulfide) groups is 1. The molecule has 0 radical (unpaired) electrons. The van der Waals surface area contributed by atoms with Crippen LogP contribution in [0.4, 0.5) is 0 Å². The first kappa shape index (κ1) is 9.07. The molecule has 0 amide bonds. The highest BCUT2D eigenvalue weighted by molar-refractivity contribution is 7.99. The average Bonchev–Trinajstić information content (AvgIpc) is 2.05. The molecule has 2 atom stereocenters. The van der Waals surface area contributed by atoms with Gasteiger partial charge < -0.3 is 5.73 Å². The van der Waals surface area contributed by atoms with Gasteiger partial charge in [-0.1, -0.05) is 0 Å². The quantitative estimate of drug-likeness (QED) is 0.678. The van der Waals surface area contributed by atoms with Crippen molar-refractivity contribution in [3.8, 4) is 0 Å². The molecule has 0 aromatic rings. The first-order valence-electron chi connectivity index (χ1n) is 4.09. The maximum Gasteiger partial charge on any atom is 0.153 e. The lowest BCUT2D eigenvalue weighted by Gasteiger charge is -2.21. The first-order chi connectivity index (χ1) is 5.22. The Labute approximate surface area is 71.9 Å². The van der Waals surface area contributed by atoms with Gasteiger partial charge in [0.25, 0.3) is 0 Å². The molecule has 0 aromatic carbocycles. The van der Waals surface area contributed by atoms with Crippen LogP contribution in [0.25, 0.3) is 0 Å². The Morgan fingerprint density at radius 2 is 2.45 bits per heavy atom. The van der Waals surface area contributed by atoms with Crippen LogP contribution in [0, 0.1) is 5.92 Å². The smallest absolute Gasteiger partial charge is 0.153 e. The fraction of sp³-hybridized carbons (Fsp3) is 0.875. The van der Waals surface area contributed by atoms with E-state index in [4.69, 9.17) is 5.73 Å². The van der Waals surface area contributed by atoms with Gasteiger partial charge in [0, 0.05) is 11.7 Å². The van der Waals surface area contributed by atoms with Gasteiger partial charge >= 0.3 is 0 Å². The number of nitrogens with two attached hydrogens (primary N) is 1. The molecule has 0 aromatic heterocycles. The summed E-state index contributed by atoms with van der Waals surface area (Å²) in [5.41, 5.74) is 5.51. The summed E-state index contributed by atoms with van der Waals surface area (Å²) in [7, 11) is 0. The lowest BCUT2D eigenvalue weighted by atomic mass is 9.96. The number of hydrogen-bond donors (Lipinski definition) is 1. The fourth-order valence-electron chi connectivity index (χ4n) is 1.34. The Morgan fingerprint density at radius 3 is 2.91 bits per heavy atom. The van der Waals surface area contributed by atoms with Crippen molar-refractivity contribution >= 4 is 17.5 Å². The summed E-state index contributed by atoms with van der Waals surface area (Å²) in [6.45, 7) is 1.78. The second-order valence-electron chi connectivity index (χ2n) is 3.11. The minimum absolute atomic E-state index is 0.244. The van der Waals surface area contributed by atoms with Gasteiger partial charge in [0.2, 0.25) is 0 Å². The molecule has 0 saturated carbocycles. The van der Waals surface area contributed by atoms with E-state index in [-0.39, 0.29) is 17.7 Å². The topological polar surface area (TPSA) is 43.1 Å². The first-order valence-corrected chi connectivity index (χ1v) is 5.24. The van der Waals surface area contributed by atoms with E-state index in [0.717, 1.165) is 12.2 Å². The normalized spacial score (nSPS) is 28.0. The van der Waals surface area contributed by atoms with Crippen molar-refractivity contribution in [2.45, 2.75) is 25.8 Å². The number of ketones is 1. The molecule has 2 nitrogen and oxygen atoms in total. The molecule has 2 unspecified atom stereocenters. The zero-order valence-electron chi connectivity index (χ0n) is 6.88. The van der Waals surface area contributed by atoms with Crippen LogP contribution in [-0.2, 0) is 4.79 Å². The van der Waals surface area contributed by atoms with Crippen molar-refractivity contribution in [3.05, 3.63) is 0 Å². The Balaban J connectivity index is 2.39. The van der Waals surface area contributed by atoms with Gasteiger partial charge in [0.1, 0.15) is 0 Å². The average molecular weight is 173 g/mol. The van der Waals surface area contributed by atoms with Crippen molar-refractivity contribution in [1.29, 1.82) is 0 Å². The van der Waals surface area contributed by atoms with Crippen molar-refractivity contribution in [2.75, 3.05) is 11.5 Å². The van der Waals surface area contributed by atoms with E-state index < -0.39 is 0 Å². The third kappa shape index (κ3) is 2.49. The molecule has 1 rings (SSSR count). The monoisotopic (exact) mass is 173 g/mol. The van der Waals surface area contributed by atoms with Crippen LogP contribution in [0.15, 0.2) is 0 Å². The third-order valence-corrected chi connectivity index (χ3v) is 3.23. The maximum atomic E-state index is 11.4. The van der Waals surface area contributed by atoms with Crippen LogP contribution < -0.4 is 5.73 Å². The number of carbonyl (C=O) groups excluding carboxylic acids is 1. The second kappa shape index (κ2) is 4.12. The predicted octanol–water partition coefficient (Wildman–Crippen LogP) is 1.05. The molecule has 1 saturated heterocycles. The molecule has 0 aliphatic carbocycles. The zero-order chi connectivity index (χ0) is 8.27. The highest BCUT2D eigenvalue weighted by Crippen LogP contribution is 2.23. The van der Waals surface area contributed by atoms with Crippen LogP contribution in [0.2, 0.25) is 0 Å². The van der Waals surface area contributed by atoms with Gasteiger partial charge in [-0.2, -0.15) is 11.8 Å². The summed E-state index contributed by atoms with van der Waals surface area (Å²) < 4.78 is 0. The van der Waals surface area contributed by atoms with Crippen molar-refractivity contribution < 1.29 is 4.79 Å². The lowest BCUT2D eigenvalue weighted by Crippen LogP contribution is -2.35. The van der Waals surface area contributed by atoms with E-state index in [0.29, 0.717) is 0 Å². The largest absolute Gasteiger partial charge is 0.322 e. The Hall–Kier alpha value is -0.0200. The molecule has 1 fully saturated rings. The molecule has 11 heavy (non-hydrogen) atoms. The van der Waals surface area contributed by atoms with Crippen molar-refractivity contribution in [2.24, 2.45) is 11.7 Å². The Morgan fingerprint density at radius 1 is 1.73 bits per heavy atom. The zero-order valence-corrected chi connectivity index (χ0v) is 7.69. The van der Waals surface area contributed by atoms with Gasteiger partial charge in [-0.15, -0.1) is 0 Å². The summed E-state index contributed by atoms with van der Waals surface area (Å²) in [6, 6.07) is -0.265. The minimum Gasteiger partial charge on any atom is -0.322 e. The molecular weight excluding hydrogens is 158 g/mol. The van der Waals surface area contributed by atoms with E-state index >= 15 is 0 Å². The van der Waals surface area contributed by atoms with Gasteiger partial charge in [-0.25, -0.2) is 0 Å². The van der Waals surface area contributed by atoms with E-state index in [9.17, 15) is 4.79 Å². The molecule has 3 heteroatoms. The van der Waals surface area contributed by atoms with Gasteiger partial charge in [-0.3, -0.25) is 4.79 Å². The van der Waals surface area contributed by atoms with E-state index in [1.54, 1.807) is 6.92 Å². The van der Waals surface area contributed by atoms with E-state index in [2.05, 4.69) is 0 Å². The van der Waals surface area contributed by atoms with Crippen LogP contribution in [-0.4, -0.2) is 23.3 Å². The van der Waals surface area contributed by atoms with E-state index in [1.807, 2.05) is 11.8 Å². The highest BCUT2D eigenvalue weighted by Gasteiger charge is 2.23. The van der Waals surface area contributed by atoms with Crippen molar-refractivity contribution in [1.82, 2.24) is 0 Å². The molecule has 1 aliphatic rings. The molecule has 64 valence electrons. The molecule has 2 N–H and O–H groups in total. The summed E-state index contributed by atoms with van der Waals surface area (Å²) in [5, 5.41) is 0. The number of rotatable bonds is 2. The van der Waals surface area contributed by atoms with E-state index in [1.165, 1.54) is 12.2 Å². The Bertz CT molecular complexity index is 141. The molecule has 0 spiro atoms. The molecule has 0 bridgehead atoms. The standard InChI is InChI=1S/C8H15NOS/c1-6(9)8(10)7-3-2-4-11-5-7/h6-7H,2-5,9H2,1H3. The summed E-state index contributed by atoms with van der Waals surface area (Å²) in [6.07, 6.45) is 2.22. The lowest BCUT2D eigenvalue weighted by molar-refractivity contribution is -0.123. The predicted molar refractivity (Wildman–Crippen MR) is 48.7 cm³/mol. The van der Waals surface area contributed by atoms with Crippen LogP contribution in [0.5, 0.6) is 0 Å². The number of Topliss-reactive ketones (excluding diaryl/α,β-unsaturated/α-hetero) is 1. The van der Waals surface area contributed by atoms with Gasteiger partial charge in [0.05, 0.1) is 6.04 Å². The SMILES string of the molecule is CC(N)C(=O)C1CCCSC1. The summed E-state index contributed by atoms with van der Waals surface area (Å²) >= 11 is 1.87. The van der Waals surface area contributed by atoms with Crippen molar-refractivity contribution in [3.63, 3.8) is 0 Å². The number of carbonyl (C=O) groups is 1. The van der Waals surface area contributed by atoms with Crippen LogP contribution in [0.3, 0.4) is 0 Å². The Kier molecular flexibility index (Phi) is 3.40. The number of hydrogen-bond acceptors (Lipinski definition) is 3. The van der Waals surface area contributed by atoms with Gasteiger partial charge in [-0.05, 0) is 25.5 Å². The molecular formula is C8H15NOS. The second-order valence-corrected chi connectivity index (χ2v) is 4.25. The maximum absolute atomic E-state index is 11.4. The van der Waals surface area contributed by atoms with Gasteiger partial charge in [0.15, 0.2) is 5.78 Å². The minimum atomic E-state index is -0.265. The van der Waals surface area contributed by atoms with Crippen LogP contribution >= 0.6 is 11.8 Å².